The van der Waals surface area contributed by atoms with Gasteiger partial charge in [0, 0.05) is 0 Å². The monoisotopic (exact) mass is 490 g/mol. The second-order valence-corrected chi connectivity index (χ2v) is 11.9. The predicted octanol–water partition coefficient (Wildman–Crippen LogP) is 4.36. The van der Waals surface area contributed by atoms with Crippen LogP contribution in [0.4, 0.5) is 0 Å². The summed E-state index contributed by atoms with van der Waals surface area (Å²) >= 11 is 0. The summed E-state index contributed by atoms with van der Waals surface area (Å²) in [6.45, 7) is 0. The zero-order valence-electron chi connectivity index (χ0n) is 19.5. The molecule has 0 atom stereocenters. The van der Waals surface area contributed by atoms with Crippen LogP contribution in [0.15, 0.2) is 146 Å². The van der Waals surface area contributed by atoms with Crippen molar-refractivity contribution in [3.8, 4) is 0 Å². The summed E-state index contributed by atoms with van der Waals surface area (Å²) in [7, 11) is -1.87. The van der Waals surface area contributed by atoms with E-state index in [-0.39, 0.29) is 12.4 Å². The molecule has 172 valence electrons. The molecular formula is C33H28ClP. The van der Waals surface area contributed by atoms with Crippen LogP contribution in [0, 0.1) is 0 Å². The van der Waals surface area contributed by atoms with Crippen LogP contribution in [0.5, 0.6) is 0 Å². The summed E-state index contributed by atoms with van der Waals surface area (Å²) in [4.78, 5) is 0. The fraction of sp³-hybridized carbons (Fsp3) is 0.0303. The van der Waals surface area contributed by atoms with Crippen LogP contribution >= 0.6 is 7.26 Å². The van der Waals surface area contributed by atoms with Gasteiger partial charge in [-0.25, -0.2) is 0 Å². The Morgan fingerprint density at radius 2 is 0.743 bits per heavy atom. The molecule has 5 aromatic rings. The Balaban J connectivity index is 0.00000289. The van der Waals surface area contributed by atoms with Crippen molar-refractivity contribution in [3.63, 3.8) is 0 Å². The lowest BCUT2D eigenvalue weighted by Gasteiger charge is -2.28. The van der Waals surface area contributed by atoms with Crippen molar-refractivity contribution in [1.82, 2.24) is 0 Å². The largest absolute Gasteiger partial charge is 1.00 e. The van der Waals surface area contributed by atoms with Gasteiger partial charge in [-0.15, -0.1) is 0 Å². The quantitative estimate of drug-likeness (QED) is 0.235. The van der Waals surface area contributed by atoms with Gasteiger partial charge in [-0.2, -0.15) is 0 Å². The molecule has 0 aromatic heterocycles. The minimum atomic E-state index is -1.87. The van der Waals surface area contributed by atoms with Gasteiger partial charge in [0.25, 0.3) is 0 Å². The van der Waals surface area contributed by atoms with Crippen molar-refractivity contribution in [1.29, 1.82) is 0 Å². The predicted molar refractivity (Wildman–Crippen MR) is 151 cm³/mol. The van der Waals surface area contributed by atoms with E-state index in [0.29, 0.717) is 0 Å². The molecule has 0 nitrogen and oxygen atoms in total. The van der Waals surface area contributed by atoms with Crippen LogP contribution in [-0.2, 0) is 6.16 Å². The average Bonchev–Trinajstić information content (AvgIpc) is 2.93. The first-order chi connectivity index (χ1) is 16.8. The number of halogens is 1. The van der Waals surface area contributed by atoms with Gasteiger partial charge in [0.2, 0.25) is 0 Å². The van der Waals surface area contributed by atoms with E-state index in [0.717, 1.165) is 6.16 Å². The molecule has 0 spiro atoms. The van der Waals surface area contributed by atoms with E-state index < -0.39 is 7.26 Å². The van der Waals surface area contributed by atoms with Crippen molar-refractivity contribution in [2.75, 3.05) is 0 Å². The highest BCUT2D eigenvalue weighted by atomic mass is 35.5. The first-order valence-electron chi connectivity index (χ1n) is 11.7. The number of hydrogen-bond acceptors (Lipinski definition) is 0. The summed E-state index contributed by atoms with van der Waals surface area (Å²) in [5.41, 5.74) is 3.80. The standard InChI is InChI=1S/C33H28P.ClH/c1-5-13-28(14-6-1)21-22-29-23-25-30(26-24-29)27-34(31-15-7-2-8-16-31,32-17-9-3-10-18-32)33-19-11-4-12-20-33;/h1-26H,27H2;1H/q+1;/p-1/b22-21+;. The molecule has 0 saturated carbocycles. The molecule has 5 aromatic carbocycles. The van der Waals surface area contributed by atoms with E-state index in [2.05, 4.69) is 152 Å². The molecule has 0 saturated heterocycles. The lowest BCUT2D eigenvalue weighted by molar-refractivity contribution is -0.00000648. The van der Waals surface area contributed by atoms with Crippen molar-refractivity contribution in [2.45, 2.75) is 6.16 Å². The van der Waals surface area contributed by atoms with E-state index >= 15 is 0 Å². The Morgan fingerprint density at radius 3 is 1.14 bits per heavy atom. The molecule has 0 bridgehead atoms. The van der Waals surface area contributed by atoms with Crippen LogP contribution < -0.4 is 28.3 Å². The summed E-state index contributed by atoms with van der Waals surface area (Å²) in [5, 5.41) is 4.25. The zero-order chi connectivity index (χ0) is 23.1. The van der Waals surface area contributed by atoms with Crippen LogP contribution in [0.1, 0.15) is 16.7 Å². The fourth-order valence-corrected chi connectivity index (χ4v) is 8.78. The first kappa shape index (κ1) is 24.7. The van der Waals surface area contributed by atoms with E-state index in [1.165, 1.54) is 32.6 Å². The number of benzene rings is 5. The van der Waals surface area contributed by atoms with E-state index in [1.807, 2.05) is 6.07 Å². The maximum atomic E-state index is 2.31. The van der Waals surface area contributed by atoms with Gasteiger partial charge in [-0.1, -0.05) is 121 Å². The van der Waals surface area contributed by atoms with E-state index in [4.69, 9.17) is 0 Å². The lowest BCUT2D eigenvalue weighted by Crippen LogP contribution is -3.00. The minimum absolute atomic E-state index is 0. The highest BCUT2D eigenvalue weighted by Gasteiger charge is 2.45. The fourth-order valence-electron chi connectivity index (χ4n) is 4.53. The van der Waals surface area contributed by atoms with Crippen LogP contribution in [-0.4, -0.2) is 0 Å². The van der Waals surface area contributed by atoms with Gasteiger partial charge >= 0.3 is 0 Å². The molecule has 0 amide bonds. The van der Waals surface area contributed by atoms with Gasteiger partial charge < -0.3 is 12.4 Å². The molecular weight excluding hydrogens is 463 g/mol. The van der Waals surface area contributed by atoms with Gasteiger partial charge in [0.15, 0.2) is 0 Å². The van der Waals surface area contributed by atoms with Crippen LogP contribution in [0.3, 0.4) is 0 Å². The second kappa shape index (κ2) is 11.8. The minimum Gasteiger partial charge on any atom is -1.00 e. The average molecular weight is 491 g/mol. The molecule has 0 aliphatic carbocycles. The molecule has 2 heteroatoms. The number of rotatable bonds is 7. The molecule has 0 aliphatic rings. The SMILES string of the molecule is C(=C\c1ccc(C[P+](c2ccccc2)(c2ccccc2)c2ccccc2)cc1)/c1ccccc1.[Cl-]. The maximum absolute atomic E-state index is 2.31. The van der Waals surface area contributed by atoms with Crippen LogP contribution in [0.25, 0.3) is 12.2 Å². The summed E-state index contributed by atoms with van der Waals surface area (Å²) in [6, 6.07) is 52.8. The molecule has 35 heavy (non-hydrogen) atoms. The first-order valence-corrected chi connectivity index (χ1v) is 13.7. The molecule has 0 fully saturated rings. The molecule has 0 N–H and O–H groups in total. The van der Waals surface area contributed by atoms with Gasteiger partial charge in [0.1, 0.15) is 23.2 Å². The lowest BCUT2D eigenvalue weighted by atomic mass is 10.1. The highest BCUT2D eigenvalue weighted by Crippen LogP contribution is 2.58. The maximum Gasteiger partial charge on any atom is 0.116 e. The Kier molecular flexibility index (Phi) is 8.32. The van der Waals surface area contributed by atoms with Gasteiger partial charge in [0.05, 0.1) is 6.16 Å². The van der Waals surface area contributed by atoms with E-state index in [1.54, 1.807) is 0 Å². The molecule has 0 radical (unpaired) electrons. The van der Waals surface area contributed by atoms with Crippen molar-refractivity contribution >= 4 is 35.3 Å². The molecule has 5 rings (SSSR count). The molecule has 0 unspecified atom stereocenters. The Hall–Kier alpha value is -3.44. The zero-order valence-corrected chi connectivity index (χ0v) is 21.2. The highest BCUT2D eigenvalue weighted by molar-refractivity contribution is 7.95. The van der Waals surface area contributed by atoms with Crippen LogP contribution in [0.2, 0.25) is 0 Å². The molecule has 0 heterocycles. The summed E-state index contributed by atoms with van der Waals surface area (Å²) < 4.78 is 0. The van der Waals surface area contributed by atoms with Crippen molar-refractivity contribution in [2.24, 2.45) is 0 Å². The Labute approximate surface area is 215 Å². The van der Waals surface area contributed by atoms with Gasteiger partial charge in [-0.05, 0) is 53.1 Å². The normalized spacial score (nSPS) is 11.2. The third kappa shape index (κ3) is 5.63. The van der Waals surface area contributed by atoms with Crippen molar-refractivity contribution < 1.29 is 12.4 Å². The Morgan fingerprint density at radius 1 is 0.400 bits per heavy atom. The molecule has 0 aliphatic heterocycles. The summed E-state index contributed by atoms with van der Waals surface area (Å²) in [5.74, 6) is 0. The van der Waals surface area contributed by atoms with Crippen molar-refractivity contribution in [3.05, 3.63) is 162 Å². The Bertz CT molecular complexity index is 1230. The third-order valence-corrected chi connectivity index (χ3v) is 10.6. The van der Waals surface area contributed by atoms with Gasteiger partial charge in [-0.3, -0.25) is 0 Å². The van der Waals surface area contributed by atoms with E-state index in [9.17, 15) is 0 Å². The second-order valence-electron chi connectivity index (χ2n) is 8.46. The summed E-state index contributed by atoms with van der Waals surface area (Å²) in [6.07, 6.45) is 5.35. The smallest absolute Gasteiger partial charge is 0.116 e. The number of hydrogen-bond donors (Lipinski definition) is 0. The topological polar surface area (TPSA) is 0 Å². The third-order valence-electron chi connectivity index (χ3n) is 6.26.